The van der Waals surface area contributed by atoms with Crippen LogP contribution in [0.25, 0.3) is 0 Å². The number of carboxylic acids is 1. The smallest absolute Gasteiger partial charge is 0.329 e. The van der Waals surface area contributed by atoms with Crippen LogP contribution in [0.15, 0.2) is 0 Å². The van der Waals surface area contributed by atoms with Crippen LogP contribution in [0.2, 0.25) is 0 Å². The highest BCUT2D eigenvalue weighted by Crippen LogP contribution is 2.22. The Hall–Kier alpha value is -1.19. The minimum Gasteiger partial charge on any atom is -0.480 e. The van der Waals surface area contributed by atoms with E-state index in [9.17, 15) is 18.0 Å². The number of nitrogens with zero attached hydrogens (tertiary/aromatic N) is 1. The molecule has 0 saturated carbocycles. The Morgan fingerprint density at radius 3 is 2.77 bits per heavy atom. The van der Waals surface area contributed by atoms with Gasteiger partial charge in [-0.25, -0.2) is 13.2 Å². The number of hydrogen-bond acceptors (Lipinski definition) is 5. The summed E-state index contributed by atoms with van der Waals surface area (Å²) in [6.07, 6.45) is 2.53. The molecule has 1 aliphatic heterocycles. The average molecular weight is 336 g/mol. The Bertz CT molecular complexity index is 479. The summed E-state index contributed by atoms with van der Waals surface area (Å²) in [6.45, 7) is 2.11. The van der Waals surface area contributed by atoms with Crippen LogP contribution in [0, 0.1) is 0 Å². The third-order valence-electron chi connectivity index (χ3n) is 3.39. The molecule has 8 nitrogen and oxygen atoms in total. The standard InChI is InChI=1S/C13H24N2O6S/c1-2-3-9-22(19,20)15-7-4-5-11(15)13(18)14-6-8-21-10-12(16)17/h11H,2-10H2,1H3,(H,14,18)(H,16,17). The zero-order valence-corrected chi connectivity index (χ0v) is 13.6. The number of sulfonamides is 1. The van der Waals surface area contributed by atoms with Gasteiger partial charge in [-0.15, -0.1) is 0 Å². The Balaban J connectivity index is 2.45. The number of aliphatic carboxylic acids is 1. The lowest BCUT2D eigenvalue weighted by molar-refractivity contribution is -0.142. The fourth-order valence-electron chi connectivity index (χ4n) is 2.30. The molecule has 1 saturated heterocycles. The number of carboxylic acid groups (broad SMARTS) is 1. The van der Waals surface area contributed by atoms with E-state index in [-0.39, 0.29) is 24.8 Å². The number of amides is 1. The summed E-state index contributed by atoms with van der Waals surface area (Å²) in [5, 5.41) is 11.0. The second-order valence-electron chi connectivity index (χ2n) is 5.18. The van der Waals surface area contributed by atoms with Crippen molar-refractivity contribution in [1.82, 2.24) is 9.62 Å². The van der Waals surface area contributed by atoms with Crippen LogP contribution in [-0.2, 0) is 24.3 Å². The minimum atomic E-state index is -3.40. The molecule has 0 aromatic carbocycles. The molecular formula is C13H24N2O6S. The lowest BCUT2D eigenvalue weighted by atomic mass is 10.2. The van der Waals surface area contributed by atoms with Crippen LogP contribution in [0.4, 0.5) is 0 Å². The van der Waals surface area contributed by atoms with Crippen molar-refractivity contribution in [2.45, 2.75) is 38.6 Å². The van der Waals surface area contributed by atoms with Crippen LogP contribution in [-0.4, -0.2) is 67.8 Å². The molecular weight excluding hydrogens is 312 g/mol. The van der Waals surface area contributed by atoms with Crippen molar-refractivity contribution in [2.24, 2.45) is 0 Å². The van der Waals surface area contributed by atoms with Gasteiger partial charge in [0.15, 0.2) is 0 Å². The van der Waals surface area contributed by atoms with E-state index < -0.39 is 28.6 Å². The van der Waals surface area contributed by atoms with Crippen molar-refractivity contribution < 1.29 is 27.9 Å². The number of carbonyl (C=O) groups excluding carboxylic acids is 1. The van der Waals surface area contributed by atoms with Crippen molar-refractivity contribution >= 4 is 21.9 Å². The van der Waals surface area contributed by atoms with E-state index in [1.807, 2.05) is 6.92 Å². The van der Waals surface area contributed by atoms with Crippen LogP contribution >= 0.6 is 0 Å². The Morgan fingerprint density at radius 1 is 1.41 bits per heavy atom. The zero-order chi connectivity index (χ0) is 16.6. The van der Waals surface area contributed by atoms with Gasteiger partial charge in [0.2, 0.25) is 15.9 Å². The Labute approximate surface area is 130 Å². The molecule has 9 heteroatoms. The number of carbonyl (C=O) groups is 2. The van der Waals surface area contributed by atoms with E-state index in [0.29, 0.717) is 25.8 Å². The number of nitrogens with one attached hydrogen (secondary N) is 1. The van der Waals surface area contributed by atoms with Gasteiger partial charge in [0.05, 0.1) is 12.4 Å². The topological polar surface area (TPSA) is 113 Å². The van der Waals surface area contributed by atoms with Gasteiger partial charge in [0.25, 0.3) is 0 Å². The molecule has 1 atom stereocenters. The molecule has 1 amide bonds. The van der Waals surface area contributed by atoms with Crippen molar-refractivity contribution in [1.29, 1.82) is 0 Å². The molecule has 0 aliphatic carbocycles. The molecule has 0 aromatic rings. The van der Waals surface area contributed by atoms with Gasteiger partial charge in [-0.2, -0.15) is 4.31 Å². The van der Waals surface area contributed by atoms with Gasteiger partial charge >= 0.3 is 5.97 Å². The maximum Gasteiger partial charge on any atom is 0.329 e. The number of rotatable bonds is 10. The quantitative estimate of drug-likeness (QED) is 0.534. The predicted molar refractivity (Wildman–Crippen MR) is 79.9 cm³/mol. The van der Waals surface area contributed by atoms with Crippen LogP contribution in [0.5, 0.6) is 0 Å². The zero-order valence-electron chi connectivity index (χ0n) is 12.8. The fourth-order valence-corrected chi connectivity index (χ4v) is 4.19. The minimum absolute atomic E-state index is 0.0645. The highest BCUT2D eigenvalue weighted by Gasteiger charge is 2.37. The highest BCUT2D eigenvalue weighted by atomic mass is 32.2. The summed E-state index contributed by atoms with van der Waals surface area (Å²) >= 11 is 0. The van der Waals surface area contributed by atoms with E-state index in [4.69, 9.17) is 9.84 Å². The first-order chi connectivity index (χ1) is 10.4. The van der Waals surface area contributed by atoms with E-state index in [2.05, 4.69) is 5.32 Å². The molecule has 0 aromatic heterocycles. The monoisotopic (exact) mass is 336 g/mol. The van der Waals surface area contributed by atoms with Crippen molar-refractivity contribution in [3.05, 3.63) is 0 Å². The summed E-state index contributed by atoms with van der Waals surface area (Å²) in [5.74, 6) is -1.36. The van der Waals surface area contributed by atoms with E-state index >= 15 is 0 Å². The largest absolute Gasteiger partial charge is 0.480 e. The van der Waals surface area contributed by atoms with Gasteiger partial charge in [-0.1, -0.05) is 13.3 Å². The molecule has 22 heavy (non-hydrogen) atoms. The lowest BCUT2D eigenvalue weighted by Crippen LogP contribution is -2.47. The maximum atomic E-state index is 12.2. The third-order valence-corrected chi connectivity index (χ3v) is 5.35. The van der Waals surface area contributed by atoms with Gasteiger partial charge in [-0.3, -0.25) is 4.79 Å². The molecule has 1 heterocycles. The first-order valence-electron chi connectivity index (χ1n) is 7.45. The summed E-state index contributed by atoms with van der Waals surface area (Å²) in [7, 11) is -3.40. The second kappa shape index (κ2) is 9.06. The molecule has 128 valence electrons. The number of unbranched alkanes of at least 4 members (excludes halogenated alkanes) is 1. The van der Waals surface area contributed by atoms with Crippen LogP contribution < -0.4 is 5.32 Å². The van der Waals surface area contributed by atoms with Crippen LogP contribution in [0.3, 0.4) is 0 Å². The molecule has 0 bridgehead atoms. The SMILES string of the molecule is CCCCS(=O)(=O)N1CCCC1C(=O)NCCOCC(=O)O. The molecule has 1 rings (SSSR count). The molecule has 0 spiro atoms. The normalized spacial score (nSPS) is 19.2. The van der Waals surface area contributed by atoms with E-state index in [1.54, 1.807) is 0 Å². The van der Waals surface area contributed by atoms with Gasteiger partial charge in [-0.05, 0) is 19.3 Å². The van der Waals surface area contributed by atoms with E-state index in [0.717, 1.165) is 6.42 Å². The Kier molecular flexibility index (Phi) is 7.77. The highest BCUT2D eigenvalue weighted by molar-refractivity contribution is 7.89. The lowest BCUT2D eigenvalue weighted by Gasteiger charge is -2.23. The number of hydrogen-bond donors (Lipinski definition) is 2. The van der Waals surface area contributed by atoms with Crippen molar-refractivity contribution in [3.63, 3.8) is 0 Å². The predicted octanol–water partition coefficient (Wildman–Crippen LogP) is -0.202. The fraction of sp³-hybridized carbons (Fsp3) is 0.846. The third kappa shape index (κ3) is 5.90. The second-order valence-corrected chi connectivity index (χ2v) is 7.22. The molecule has 0 radical (unpaired) electrons. The van der Waals surface area contributed by atoms with Gasteiger partial charge in [0, 0.05) is 13.1 Å². The summed E-state index contributed by atoms with van der Waals surface area (Å²) in [6, 6.07) is -0.665. The summed E-state index contributed by atoms with van der Waals surface area (Å²) < 4.78 is 30.5. The summed E-state index contributed by atoms with van der Waals surface area (Å²) in [4.78, 5) is 22.3. The molecule has 1 unspecified atom stereocenters. The molecule has 1 aliphatic rings. The number of ether oxygens (including phenoxy) is 1. The maximum absolute atomic E-state index is 12.2. The molecule has 1 fully saturated rings. The van der Waals surface area contributed by atoms with Crippen molar-refractivity contribution in [2.75, 3.05) is 32.1 Å². The van der Waals surface area contributed by atoms with Crippen LogP contribution in [0.1, 0.15) is 32.6 Å². The Morgan fingerprint density at radius 2 is 2.14 bits per heavy atom. The van der Waals surface area contributed by atoms with Gasteiger partial charge in [0.1, 0.15) is 12.6 Å². The first-order valence-corrected chi connectivity index (χ1v) is 9.06. The molecule has 2 N–H and O–H groups in total. The average Bonchev–Trinajstić information content (AvgIpc) is 2.94. The summed E-state index contributed by atoms with van der Waals surface area (Å²) in [5.41, 5.74) is 0. The first kappa shape index (κ1) is 18.9. The van der Waals surface area contributed by atoms with Gasteiger partial charge < -0.3 is 15.2 Å². The van der Waals surface area contributed by atoms with Crippen molar-refractivity contribution in [3.8, 4) is 0 Å². The van der Waals surface area contributed by atoms with E-state index in [1.165, 1.54) is 4.31 Å².